The summed E-state index contributed by atoms with van der Waals surface area (Å²) in [4.78, 5) is 0. The Morgan fingerprint density at radius 1 is 0.950 bits per heavy atom. The molecule has 0 radical (unpaired) electrons. The SMILES string of the molecule is CNC(c1cc(F)c(F)cc1Cl)c1cccc(F)c1Cl. The van der Waals surface area contributed by atoms with Crippen molar-refractivity contribution in [1.29, 1.82) is 0 Å². The molecule has 0 amide bonds. The van der Waals surface area contributed by atoms with E-state index in [0.29, 0.717) is 5.56 Å². The third-order valence-electron chi connectivity index (χ3n) is 2.93. The van der Waals surface area contributed by atoms with Gasteiger partial charge in [-0.15, -0.1) is 0 Å². The predicted molar refractivity (Wildman–Crippen MR) is 73.7 cm³/mol. The molecule has 6 heteroatoms. The van der Waals surface area contributed by atoms with E-state index >= 15 is 0 Å². The maximum Gasteiger partial charge on any atom is 0.160 e. The number of nitrogens with one attached hydrogen (secondary N) is 1. The summed E-state index contributed by atoms with van der Waals surface area (Å²) < 4.78 is 40.0. The molecular formula is C14H10Cl2F3N. The zero-order valence-electron chi connectivity index (χ0n) is 10.4. The number of halogens is 5. The van der Waals surface area contributed by atoms with Gasteiger partial charge in [0.15, 0.2) is 11.6 Å². The molecule has 0 saturated heterocycles. The van der Waals surface area contributed by atoms with Gasteiger partial charge < -0.3 is 5.32 Å². The molecule has 0 aliphatic rings. The zero-order valence-corrected chi connectivity index (χ0v) is 11.9. The van der Waals surface area contributed by atoms with Crippen LogP contribution < -0.4 is 5.32 Å². The minimum atomic E-state index is -1.04. The second kappa shape index (κ2) is 6.04. The summed E-state index contributed by atoms with van der Waals surface area (Å²) in [5.74, 6) is -2.67. The Morgan fingerprint density at radius 2 is 1.60 bits per heavy atom. The van der Waals surface area contributed by atoms with Crippen molar-refractivity contribution in [2.75, 3.05) is 7.05 Å². The lowest BCUT2D eigenvalue weighted by Crippen LogP contribution is -2.19. The summed E-state index contributed by atoms with van der Waals surface area (Å²) in [5, 5.41) is 2.81. The standard InChI is InChI=1S/C14H10Cl2F3N/c1-20-14(7-3-2-4-10(17)13(7)16)8-5-11(18)12(19)6-9(8)15/h2-6,14,20H,1H3. The van der Waals surface area contributed by atoms with Crippen LogP contribution in [0.15, 0.2) is 30.3 Å². The number of hydrogen-bond donors (Lipinski definition) is 1. The summed E-state index contributed by atoms with van der Waals surface area (Å²) >= 11 is 11.8. The average Bonchev–Trinajstić information content (AvgIpc) is 2.41. The topological polar surface area (TPSA) is 12.0 Å². The summed E-state index contributed by atoms with van der Waals surface area (Å²) in [6.45, 7) is 0. The molecule has 0 aliphatic heterocycles. The molecule has 1 unspecified atom stereocenters. The Morgan fingerprint density at radius 3 is 2.25 bits per heavy atom. The lowest BCUT2D eigenvalue weighted by molar-refractivity contribution is 0.505. The van der Waals surface area contributed by atoms with E-state index in [1.807, 2.05) is 0 Å². The van der Waals surface area contributed by atoms with E-state index in [9.17, 15) is 13.2 Å². The molecule has 0 aliphatic carbocycles. The van der Waals surface area contributed by atoms with Crippen LogP contribution in [0.25, 0.3) is 0 Å². The molecule has 2 rings (SSSR count). The lowest BCUT2D eigenvalue weighted by Gasteiger charge is -2.20. The first-order chi connectivity index (χ1) is 9.45. The molecular weight excluding hydrogens is 310 g/mol. The van der Waals surface area contributed by atoms with Crippen LogP contribution in [0.3, 0.4) is 0 Å². The number of rotatable bonds is 3. The molecule has 1 nitrogen and oxygen atoms in total. The molecule has 0 heterocycles. The highest BCUT2D eigenvalue weighted by Crippen LogP contribution is 2.34. The van der Waals surface area contributed by atoms with Crippen LogP contribution >= 0.6 is 23.2 Å². The Bertz CT molecular complexity index is 647. The van der Waals surface area contributed by atoms with Gasteiger partial charge in [-0.25, -0.2) is 13.2 Å². The Balaban J connectivity index is 2.58. The highest BCUT2D eigenvalue weighted by molar-refractivity contribution is 6.32. The van der Waals surface area contributed by atoms with Crippen LogP contribution in [-0.2, 0) is 0 Å². The van der Waals surface area contributed by atoms with Crippen LogP contribution in [0, 0.1) is 17.5 Å². The molecule has 2 aromatic carbocycles. The highest BCUT2D eigenvalue weighted by Gasteiger charge is 2.21. The maximum absolute atomic E-state index is 13.5. The first-order valence-corrected chi connectivity index (χ1v) is 6.47. The van der Waals surface area contributed by atoms with Crippen LogP contribution in [0.5, 0.6) is 0 Å². The second-order valence-electron chi connectivity index (χ2n) is 4.15. The summed E-state index contributed by atoms with van der Waals surface area (Å²) in [5.41, 5.74) is 0.669. The van der Waals surface area contributed by atoms with Crippen molar-refractivity contribution in [3.63, 3.8) is 0 Å². The van der Waals surface area contributed by atoms with Crippen molar-refractivity contribution in [1.82, 2.24) is 5.32 Å². The molecule has 2 aromatic rings. The van der Waals surface area contributed by atoms with E-state index in [4.69, 9.17) is 23.2 Å². The Labute approximate surface area is 124 Å². The van der Waals surface area contributed by atoms with E-state index in [1.165, 1.54) is 12.1 Å². The molecule has 1 atom stereocenters. The summed E-state index contributed by atoms with van der Waals surface area (Å²) in [7, 11) is 1.59. The zero-order chi connectivity index (χ0) is 14.9. The fraction of sp³-hybridized carbons (Fsp3) is 0.143. The molecule has 1 N–H and O–H groups in total. The fourth-order valence-electron chi connectivity index (χ4n) is 1.98. The molecule has 0 fully saturated rings. The quantitative estimate of drug-likeness (QED) is 0.807. The third kappa shape index (κ3) is 2.77. The first kappa shape index (κ1) is 15.2. The van der Waals surface area contributed by atoms with Crippen LogP contribution in [-0.4, -0.2) is 7.05 Å². The minimum absolute atomic E-state index is 0.0311. The maximum atomic E-state index is 13.5. The van der Waals surface area contributed by atoms with Gasteiger partial charge in [-0.2, -0.15) is 0 Å². The third-order valence-corrected chi connectivity index (χ3v) is 3.66. The smallest absolute Gasteiger partial charge is 0.160 e. The van der Waals surface area contributed by atoms with Crippen molar-refractivity contribution in [3.05, 3.63) is 69.0 Å². The Kier molecular flexibility index (Phi) is 4.58. The van der Waals surface area contributed by atoms with Gasteiger partial charge in [-0.3, -0.25) is 0 Å². The van der Waals surface area contributed by atoms with E-state index in [2.05, 4.69) is 5.32 Å². The molecule has 20 heavy (non-hydrogen) atoms. The average molecular weight is 320 g/mol. The van der Waals surface area contributed by atoms with Crippen molar-refractivity contribution >= 4 is 23.2 Å². The van der Waals surface area contributed by atoms with Crippen LogP contribution in [0.2, 0.25) is 10.0 Å². The lowest BCUT2D eigenvalue weighted by atomic mass is 9.98. The molecule has 0 aromatic heterocycles. The van der Waals surface area contributed by atoms with Gasteiger partial charge in [0.1, 0.15) is 5.82 Å². The molecule has 0 saturated carbocycles. The minimum Gasteiger partial charge on any atom is -0.309 e. The molecule has 0 bridgehead atoms. The normalized spacial score (nSPS) is 12.5. The van der Waals surface area contributed by atoms with Crippen molar-refractivity contribution < 1.29 is 13.2 Å². The van der Waals surface area contributed by atoms with Crippen LogP contribution in [0.4, 0.5) is 13.2 Å². The fourth-order valence-corrected chi connectivity index (χ4v) is 2.48. The second-order valence-corrected chi connectivity index (χ2v) is 4.94. The van der Waals surface area contributed by atoms with Gasteiger partial charge in [0, 0.05) is 5.02 Å². The van der Waals surface area contributed by atoms with E-state index in [0.717, 1.165) is 12.1 Å². The Hall–Kier alpha value is -1.23. The van der Waals surface area contributed by atoms with Crippen molar-refractivity contribution in [3.8, 4) is 0 Å². The van der Waals surface area contributed by atoms with E-state index in [-0.39, 0.29) is 15.6 Å². The number of benzene rings is 2. The first-order valence-electron chi connectivity index (χ1n) is 5.71. The summed E-state index contributed by atoms with van der Waals surface area (Å²) in [6, 6.07) is 5.48. The molecule has 106 valence electrons. The highest BCUT2D eigenvalue weighted by atomic mass is 35.5. The van der Waals surface area contributed by atoms with Gasteiger partial charge in [-0.05, 0) is 36.4 Å². The van der Waals surface area contributed by atoms with Crippen molar-refractivity contribution in [2.24, 2.45) is 0 Å². The van der Waals surface area contributed by atoms with Crippen molar-refractivity contribution in [2.45, 2.75) is 6.04 Å². The summed E-state index contributed by atoms with van der Waals surface area (Å²) in [6.07, 6.45) is 0. The molecule has 0 spiro atoms. The monoisotopic (exact) mass is 319 g/mol. The van der Waals surface area contributed by atoms with E-state index < -0.39 is 23.5 Å². The van der Waals surface area contributed by atoms with Gasteiger partial charge in [0.25, 0.3) is 0 Å². The van der Waals surface area contributed by atoms with Crippen LogP contribution in [0.1, 0.15) is 17.2 Å². The van der Waals surface area contributed by atoms with Gasteiger partial charge in [0.2, 0.25) is 0 Å². The largest absolute Gasteiger partial charge is 0.309 e. The predicted octanol–water partition coefficient (Wildman–Crippen LogP) is 4.72. The van der Waals surface area contributed by atoms with E-state index in [1.54, 1.807) is 13.1 Å². The van der Waals surface area contributed by atoms with Gasteiger partial charge >= 0.3 is 0 Å². The van der Waals surface area contributed by atoms with Gasteiger partial charge in [0.05, 0.1) is 11.1 Å². The van der Waals surface area contributed by atoms with Gasteiger partial charge in [-0.1, -0.05) is 35.3 Å². The number of hydrogen-bond acceptors (Lipinski definition) is 1.